The number of carbonyl (C=O) groups is 1. The molecule has 1 heterocycles. The first-order valence-electron chi connectivity index (χ1n) is 11.1. The first-order valence-corrected chi connectivity index (χ1v) is 11.1. The molecule has 2 rings (SSSR count). The van der Waals surface area contributed by atoms with Crippen LogP contribution in [-0.2, 0) is 20.8 Å². The van der Waals surface area contributed by atoms with Crippen molar-refractivity contribution >= 4 is 41.5 Å². The van der Waals surface area contributed by atoms with Crippen LogP contribution in [0.3, 0.4) is 0 Å². The van der Waals surface area contributed by atoms with Crippen LogP contribution in [0.2, 0.25) is 0 Å². The molecule has 0 unspecified atom stereocenters. The molecule has 0 bridgehead atoms. The molecule has 1 fully saturated rings. The first-order chi connectivity index (χ1) is 14.6. The maximum Gasteiger partial charge on any atom is 0.224 e. The average molecular weight is 546 g/mol. The fraction of sp³-hybridized carbons (Fsp3) is 0.652. The lowest BCUT2D eigenvalue weighted by atomic mass is 10.0. The van der Waals surface area contributed by atoms with E-state index in [4.69, 9.17) is 9.47 Å². The average Bonchev–Trinajstić information content (AvgIpc) is 2.73. The van der Waals surface area contributed by atoms with Gasteiger partial charge in [-0.2, -0.15) is 0 Å². The molecule has 31 heavy (non-hydrogen) atoms. The second kappa shape index (κ2) is 16.3. The highest BCUT2D eigenvalue weighted by Crippen LogP contribution is 2.14. The number of guanidine groups is 1. The molecule has 1 aromatic carbocycles. The Kier molecular flexibility index (Phi) is 14.5. The Balaban J connectivity index is 0.00000480. The fourth-order valence-electron chi connectivity index (χ4n) is 3.29. The van der Waals surface area contributed by atoms with E-state index in [9.17, 15) is 4.79 Å². The lowest BCUT2D eigenvalue weighted by Crippen LogP contribution is -2.37. The van der Waals surface area contributed by atoms with Gasteiger partial charge in [0.05, 0.1) is 0 Å². The number of benzene rings is 1. The van der Waals surface area contributed by atoms with Gasteiger partial charge >= 0.3 is 0 Å². The Bertz CT molecular complexity index is 664. The van der Waals surface area contributed by atoms with Gasteiger partial charge in [-0.25, -0.2) is 0 Å². The lowest BCUT2D eigenvalue weighted by Gasteiger charge is -2.21. The van der Waals surface area contributed by atoms with Crippen molar-refractivity contribution in [2.24, 2.45) is 16.8 Å². The molecular formula is C23H39IN4O3. The molecule has 1 aliphatic rings. The van der Waals surface area contributed by atoms with Gasteiger partial charge in [-0.05, 0) is 48.8 Å². The van der Waals surface area contributed by atoms with E-state index in [1.165, 1.54) is 0 Å². The third-order valence-corrected chi connectivity index (χ3v) is 4.94. The van der Waals surface area contributed by atoms with E-state index in [2.05, 4.69) is 20.9 Å². The van der Waals surface area contributed by atoms with Crippen LogP contribution in [0.25, 0.3) is 0 Å². The molecule has 1 aromatic rings. The highest BCUT2D eigenvalue weighted by atomic mass is 127. The van der Waals surface area contributed by atoms with E-state index >= 15 is 0 Å². The van der Waals surface area contributed by atoms with Crippen molar-refractivity contribution in [3.05, 3.63) is 29.8 Å². The number of rotatable bonds is 11. The van der Waals surface area contributed by atoms with Gasteiger partial charge < -0.3 is 25.4 Å². The van der Waals surface area contributed by atoms with E-state index in [1.807, 2.05) is 38.1 Å². The van der Waals surface area contributed by atoms with E-state index < -0.39 is 0 Å². The Labute approximate surface area is 204 Å². The highest BCUT2D eigenvalue weighted by molar-refractivity contribution is 14.0. The minimum Gasteiger partial charge on any atom is -0.381 e. The van der Waals surface area contributed by atoms with Crippen molar-refractivity contribution in [2.45, 2.75) is 46.1 Å². The number of aliphatic imine (C=N–C) groups is 1. The van der Waals surface area contributed by atoms with Gasteiger partial charge in [-0.15, -0.1) is 24.0 Å². The predicted molar refractivity (Wildman–Crippen MR) is 137 cm³/mol. The second-order valence-electron chi connectivity index (χ2n) is 8.18. The number of nitrogens with one attached hydrogen (secondary N) is 3. The minimum atomic E-state index is 0. The topological polar surface area (TPSA) is 84.0 Å². The van der Waals surface area contributed by atoms with Crippen molar-refractivity contribution in [1.29, 1.82) is 0 Å². The summed E-state index contributed by atoms with van der Waals surface area (Å²) in [6.07, 6.45) is 3.67. The molecule has 1 aliphatic heterocycles. The van der Waals surface area contributed by atoms with Crippen molar-refractivity contribution in [3.8, 4) is 0 Å². The normalized spacial score (nSPS) is 14.8. The summed E-state index contributed by atoms with van der Waals surface area (Å²) < 4.78 is 11.2. The smallest absolute Gasteiger partial charge is 0.224 e. The minimum absolute atomic E-state index is 0. The number of amides is 1. The van der Waals surface area contributed by atoms with Crippen LogP contribution in [0, 0.1) is 11.8 Å². The van der Waals surface area contributed by atoms with E-state index in [0.29, 0.717) is 24.8 Å². The Morgan fingerprint density at radius 2 is 2.03 bits per heavy atom. The van der Waals surface area contributed by atoms with Gasteiger partial charge in [0.1, 0.15) is 0 Å². The summed E-state index contributed by atoms with van der Waals surface area (Å²) in [6.45, 7) is 8.83. The molecule has 0 aromatic heterocycles. The lowest BCUT2D eigenvalue weighted by molar-refractivity contribution is -0.116. The molecule has 0 atom stereocenters. The van der Waals surface area contributed by atoms with E-state index in [-0.39, 0.29) is 29.9 Å². The summed E-state index contributed by atoms with van der Waals surface area (Å²) in [4.78, 5) is 16.2. The van der Waals surface area contributed by atoms with Crippen LogP contribution in [0.1, 0.15) is 45.1 Å². The number of hydrogen-bond acceptors (Lipinski definition) is 4. The molecule has 0 aliphatic carbocycles. The molecule has 7 nitrogen and oxygen atoms in total. The van der Waals surface area contributed by atoms with Gasteiger partial charge in [0.2, 0.25) is 5.91 Å². The number of anilines is 1. The van der Waals surface area contributed by atoms with E-state index in [0.717, 1.165) is 69.4 Å². The van der Waals surface area contributed by atoms with Gasteiger partial charge in [0, 0.05) is 58.7 Å². The monoisotopic (exact) mass is 546 g/mol. The van der Waals surface area contributed by atoms with Crippen LogP contribution < -0.4 is 16.0 Å². The van der Waals surface area contributed by atoms with Gasteiger partial charge in [-0.1, -0.05) is 26.0 Å². The van der Waals surface area contributed by atoms with Crippen LogP contribution in [-0.4, -0.2) is 51.9 Å². The Morgan fingerprint density at radius 1 is 1.26 bits per heavy atom. The molecule has 1 saturated heterocycles. The molecule has 0 saturated carbocycles. The van der Waals surface area contributed by atoms with Crippen molar-refractivity contribution in [3.63, 3.8) is 0 Å². The number of hydrogen-bond donors (Lipinski definition) is 3. The predicted octanol–water partition coefficient (Wildman–Crippen LogP) is 3.79. The molecule has 3 N–H and O–H groups in total. The summed E-state index contributed by atoms with van der Waals surface area (Å²) >= 11 is 0. The van der Waals surface area contributed by atoms with Crippen molar-refractivity contribution < 1.29 is 14.3 Å². The van der Waals surface area contributed by atoms with Crippen molar-refractivity contribution in [1.82, 2.24) is 10.6 Å². The fourth-order valence-corrected chi connectivity index (χ4v) is 3.29. The second-order valence-corrected chi connectivity index (χ2v) is 8.18. The number of halogens is 1. The van der Waals surface area contributed by atoms with Gasteiger partial charge in [-0.3, -0.25) is 9.79 Å². The molecule has 176 valence electrons. The molecule has 1 amide bonds. The maximum absolute atomic E-state index is 12.0. The molecule has 8 heteroatoms. The summed E-state index contributed by atoms with van der Waals surface area (Å²) in [6, 6.07) is 7.88. The summed E-state index contributed by atoms with van der Waals surface area (Å²) in [5.74, 6) is 1.80. The third-order valence-electron chi connectivity index (χ3n) is 4.94. The third kappa shape index (κ3) is 12.3. The van der Waals surface area contributed by atoms with Crippen LogP contribution in [0.4, 0.5) is 5.69 Å². The Hall–Kier alpha value is -1.39. The van der Waals surface area contributed by atoms with Crippen molar-refractivity contribution in [2.75, 3.05) is 45.3 Å². The summed E-state index contributed by atoms with van der Waals surface area (Å²) in [5, 5.41) is 9.59. The number of nitrogens with zero attached hydrogens (tertiary/aromatic N) is 1. The Morgan fingerprint density at radius 3 is 2.74 bits per heavy atom. The zero-order chi connectivity index (χ0) is 21.6. The zero-order valence-electron chi connectivity index (χ0n) is 19.1. The van der Waals surface area contributed by atoms with Crippen LogP contribution in [0.15, 0.2) is 29.3 Å². The molecular weight excluding hydrogens is 507 g/mol. The summed E-state index contributed by atoms with van der Waals surface area (Å²) in [7, 11) is 1.76. The quantitative estimate of drug-likeness (QED) is 0.170. The summed E-state index contributed by atoms with van der Waals surface area (Å²) in [5.41, 5.74) is 1.91. The maximum atomic E-state index is 12.0. The number of carbonyl (C=O) groups excluding carboxylic acids is 1. The van der Waals surface area contributed by atoms with Gasteiger partial charge in [0.15, 0.2) is 5.96 Å². The van der Waals surface area contributed by atoms with E-state index in [1.54, 1.807) is 7.05 Å². The highest BCUT2D eigenvalue weighted by Gasteiger charge is 2.13. The zero-order valence-corrected chi connectivity index (χ0v) is 21.4. The number of ether oxygens (including phenoxy) is 2. The van der Waals surface area contributed by atoms with Crippen LogP contribution in [0.5, 0.6) is 0 Å². The molecule has 0 spiro atoms. The van der Waals surface area contributed by atoms with Crippen LogP contribution >= 0.6 is 24.0 Å². The standard InChI is InChI=1S/C23H38N4O3.HI/c1-18(2)14-22(28)27-21-7-4-6-20(15-21)16-26-23(24-3)25-10-5-11-30-17-19-8-12-29-13-9-19;/h4,6-7,15,18-19H,5,8-14,16-17H2,1-3H3,(H,27,28)(H2,24,25,26);1H. The van der Waals surface area contributed by atoms with Gasteiger partial charge in [0.25, 0.3) is 0 Å². The molecule has 0 radical (unpaired) electrons. The first kappa shape index (κ1) is 27.6. The largest absolute Gasteiger partial charge is 0.381 e. The SMILES string of the molecule is CN=C(NCCCOCC1CCOCC1)NCc1cccc(NC(=O)CC(C)C)c1.I.